The summed E-state index contributed by atoms with van der Waals surface area (Å²) >= 11 is 7.36. The molecule has 3 rings (SSSR count). The molecule has 0 radical (unpaired) electrons. The van der Waals surface area contributed by atoms with Gasteiger partial charge in [-0.05, 0) is 37.1 Å². The summed E-state index contributed by atoms with van der Waals surface area (Å²) in [6, 6.07) is 14.2. The first-order chi connectivity index (χ1) is 15.3. The Morgan fingerprint density at radius 2 is 1.88 bits per heavy atom. The second-order valence-corrected chi connectivity index (χ2v) is 9.13. The van der Waals surface area contributed by atoms with Gasteiger partial charge >= 0.3 is 0 Å². The molecule has 0 spiro atoms. The Balaban J connectivity index is 1.67. The predicted octanol–water partition coefficient (Wildman–Crippen LogP) is 4.63. The second kappa shape index (κ2) is 10.7. The summed E-state index contributed by atoms with van der Waals surface area (Å²) in [5.41, 5.74) is 2.19. The maximum Gasteiger partial charge on any atom is 0.251 e. The monoisotopic (exact) mass is 471 g/mol. The van der Waals surface area contributed by atoms with E-state index in [1.54, 1.807) is 30.3 Å². The Kier molecular flexibility index (Phi) is 7.93. The van der Waals surface area contributed by atoms with Crippen LogP contribution in [0.25, 0.3) is 0 Å². The fourth-order valence-corrected chi connectivity index (χ4v) is 4.04. The maximum absolute atomic E-state index is 12.8. The number of carbonyl (C=O) groups excluding carboxylic acids is 2. The van der Waals surface area contributed by atoms with Crippen molar-refractivity contribution >= 4 is 40.9 Å². The van der Waals surface area contributed by atoms with E-state index < -0.39 is 0 Å². The summed E-state index contributed by atoms with van der Waals surface area (Å²) in [5.74, 6) is 0.520. The van der Waals surface area contributed by atoms with Gasteiger partial charge in [-0.15, -0.1) is 10.2 Å². The van der Waals surface area contributed by atoms with Crippen molar-refractivity contribution in [3.63, 3.8) is 0 Å². The van der Waals surface area contributed by atoms with E-state index in [0.717, 1.165) is 5.56 Å². The molecule has 7 nitrogen and oxygen atoms in total. The number of nitrogens with one attached hydrogen (secondary N) is 2. The number of carbonyl (C=O) groups is 2. The standard InChI is InChI=1S/C23H26ClN5O2S/c1-14(2)20(26-22(31)16-9-7-8-15(3)12-16)21-27-28-23(29(21)4)32-13-19(30)25-18-11-6-5-10-17(18)24/h5-12,14,20H,13H2,1-4H3,(H,25,30)(H,26,31)/t20-/m1/s1. The molecule has 0 aliphatic carbocycles. The van der Waals surface area contributed by atoms with Crippen LogP contribution in [0, 0.1) is 12.8 Å². The lowest BCUT2D eigenvalue weighted by Crippen LogP contribution is -2.33. The van der Waals surface area contributed by atoms with Crippen molar-refractivity contribution in [2.24, 2.45) is 13.0 Å². The molecule has 3 aromatic rings. The second-order valence-electron chi connectivity index (χ2n) is 7.78. The van der Waals surface area contributed by atoms with Crippen LogP contribution in [0.1, 0.15) is 41.6 Å². The lowest BCUT2D eigenvalue weighted by molar-refractivity contribution is -0.113. The van der Waals surface area contributed by atoms with E-state index >= 15 is 0 Å². The molecule has 1 aromatic heterocycles. The van der Waals surface area contributed by atoms with Crippen LogP contribution in [0.4, 0.5) is 5.69 Å². The minimum absolute atomic E-state index is 0.0908. The van der Waals surface area contributed by atoms with E-state index in [4.69, 9.17) is 11.6 Å². The Bertz CT molecular complexity index is 1120. The third-order valence-corrected chi connectivity index (χ3v) is 6.21. The van der Waals surface area contributed by atoms with E-state index in [0.29, 0.717) is 27.3 Å². The SMILES string of the molecule is Cc1cccc(C(=O)N[C@@H](c2nnc(SCC(=O)Nc3ccccc3Cl)n2C)C(C)C)c1. The van der Waals surface area contributed by atoms with E-state index in [1.807, 2.05) is 50.6 Å². The largest absolute Gasteiger partial charge is 0.342 e. The molecule has 9 heteroatoms. The molecule has 0 bridgehead atoms. The van der Waals surface area contributed by atoms with Crippen LogP contribution < -0.4 is 10.6 Å². The Labute approximate surface area is 197 Å². The summed E-state index contributed by atoms with van der Waals surface area (Å²) in [4.78, 5) is 25.1. The van der Waals surface area contributed by atoms with Gasteiger partial charge in [-0.25, -0.2) is 0 Å². The first-order valence-electron chi connectivity index (χ1n) is 10.2. The highest BCUT2D eigenvalue weighted by Crippen LogP contribution is 2.25. The summed E-state index contributed by atoms with van der Waals surface area (Å²) in [6.07, 6.45) is 0. The fraction of sp³-hybridized carbons (Fsp3) is 0.304. The Morgan fingerprint density at radius 1 is 1.12 bits per heavy atom. The number of aryl methyl sites for hydroxylation is 1. The summed E-state index contributed by atoms with van der Waals surface area (Å²) < 4.78 is 1.81. The number of para-hydroxylation sites is 1. The van der Waals surface area contributed by atoms with Crippen LogP contribution >= 0.6 is 23.4 Å². The Morgan fingerprint density at radius 3 is 2.56 bits per heavy atom. The van der Waals surface area contributed by atoms with Gasteiger partial charge in [-0.1, -0.05) is 67.0 Å². The quantitative estimate of drug-likeness (QED) is 0.467. The molecule has 2 amide bonds. The zero-order chi connectivity index (χ0) is 23.3. The molecular weight excluding hydrogens is 446 g/mol. The zero-order valence-electron chi connectivity index (χ0n) is 18.4. The normalized spacial score (nSPS) is 11.9. The lowest BCUT2D eigenvalue weighted by Gasteiger charge is -2.21. The van der Waals surface area contributed by atoms with E-state index in [-0.39, 0.29) is 29.5 Å². The van der Waals surface area contributed by atoms with Crippen molar-refractivity contribution in [2.45, 2.75) is 32.0 Å². The van der Waals surface area contributed by atoms with Gasteiger partial charge < -0.3 is 15.2 Å². The van der Waals surface area contributed by atoms with Crippen LogP contribution in [-0.4, -0.2) is 32.3 Å². The molecule has 0 saturated heterocycles. The van der Waals surface area contributed by atoms with Gasteiger partial charge in [0, 0.05) is 12.6 Å². The highest BCUT2D eigenvalue weighted by Gasteiger charge is 2.25. The van der Waals surface area contributed by atoms with E-state index in [2.05, 4.69) is 20.8 Å². The molecule has 168 valence electrons. The van der Waals surface area contributed by atoms with Gasteiger partial charge in [0.05, 0.1) is 22.5 Å². The number of amides is 2. The molecule has 0 fully saturated rings. The summed E-state index contributed by atoms with van der Waals surface area (Å²) in [6.45, 7) is 5.98. The van der Waals surface area contributed by atoms with Gasteiger partial charge in [0.2, 0.25) is 5.91 Å². The summed E-state index contributed by atoms with van der Waals surface area (Å²) in [5, 5.41) is 15.5. The zero-order valence-corrected chi connectivity index (χ0v) is 20.0. The van der Waals surface area contributed by atoms with Gasteiger partial charge in [-0.3, -0.25) is 9.59 Å². The van der Waals surface area contributed by atoms with Crippen molar-refractivity contribution in [3.8, 4) is 0 Å². The van der Waals surface area contributed by atoms with Crippen LogP contribution in [0.2, 0.25) is 5.02 Å². The highest BCUT2D eigenvalue weighted by molar-refractivity contribution is 7.99. The average molecular weight is 472 g/mol. The van der Waals surface area contributed by atoms with Crippen LogP contribution in [0.3, 0.4) is 0 Å². The molecule has 32 heavy (non-hydrogen) atoms. The van der Waals surface area contributed by atoms with Crippen molar-refractivity contribution in [1.29, 1.82) is 0 Å². The number of rotatable bonds is 8. The number of aromatic nitrogens is 3. The third kappa shape index (κ3) is 5.89. The molecule has 1 heterocycles. The third-order valence-electron chi connectivity index (χ3n) is 4.86. The van der Waals surface area contributed by atoms with Crippen LogP contribution in [0.15, 0.2) is 53.7 Å². The average Bonchev–Trinajstić information content (AvgIpc) is 3.11. The number of benzene rings is 2. The minimum atomic E-state index is -0.327. The van der Waals surface area contributed by atoms with Gasteiger partial charge in [0.15, 0.2) is 11.0 Å². The predicted molar refractivity (Wildman–Crippen MR) is 128 cm³/mol. The molecule has 1 atom stereocenters. The lowest BCUT2D eigenvalue weighted by atomic mass is 10.0. The minimum Gasteiger partial charge on any atom is -0.342 e. The molecule has 0 unspecified atom stereocenters. The maximum atomic E-state index is 12.8. The van der Waals surface area contributed by atoms with Crippen LogP contribution in [0.5, 0.6) is 0 Å². The fourth-order valence-electron chi connectivity index (χ4n) is 3.14. The number of hydrogen-bond acceptors (Lipinski definition) is 5. The van der Waals surface area contributed by atoms with Crippen molar-refractivity contribution in [1.82, 2.24) is 20.1 Å². The molecular formula is C23H26ClN5O2S. The van der Waals surface area contributed by atoms with Gasteiger partial charge in [0.25, 0.3) is 5.91 Å². The van der Waals surface area contributed by atoms with Gasteiger partial charge in [0.1, 0.15) is 0 Å². The molecule has 2 aromatic carbocycles. The van der Waals surface area contributed by atoms with Crippen molar-refractivity contribution < 1.29 is 9.59 Å². The number of anilines is 1. The van der Waals surface area contributed by atoms with E-state index in [9.17, 15) is 9.59 Å². The number of thioether (sulfide) groups is 1. The first kappa shape index (κ1) is 23.8. The summed E-state index contributed by atoms with van der Waals surface area (Å²) in [7, 11) is 1.83. The van der Waals surface area contributed by atoms with Crippen molar-refractivity contribution in [2.75, 3.05) is 11.1 Å². The van der Waals surface area contributed by atoms with E-state index in [1.165, 1.54) is 11.8 Å². The number of halogens is 1. The van der Waals surface area contributed by atoms with Crippen molar-refractivity contribution in [3.05, 3.63) is 70.5 Å². The topological polar surface area (TPSA) is 88.9 Å². The number of nitrogens with zero attached hydrogens (tertiary/aromatic N) is 3. The Hall–Kier alpha value is -2.84. The highest BCUT2D eigenvalue weighted by atomic mass is 35.5. The molecule has 0 aliphatic rings. The van der Waals surface area contributed by atoms with Gasteiger partial charge in [-0.2, -0.15) is 0 Å². The smallest absolute Gasteiger partial charge is 0.251 e. The number of hydrogen-bond donors (Lipinski definition) is 2. The first-order valence-corrected chi connectivity index (χ1v) is 11.6. The van der Waals surface area contributed by atoms with Crippen LogP contribution in [-0.2, 0) is 11.8 Å². The molecule has 0 aliphatic heterocycles. The molecule has 0 saturated carbocycles. The molecule has 2 N–H and O–H groups in total.